The van der Waals surface area contributed by atoms with Crippen molar-refractivity contribution in [3.8, 4) is 0 Å². The molecule has 0 heterocycles. The molecule has 0 saturated carbocycles. The van der Waals surface area contributed by atoms with E-state index in [4.69, 9.17) is 18.9 Å². The summed E-state index contributed by atoms with van der Waals surface area (Å²) in [6, 6.07) is 0. The summed E-state index contributed by atoms with van der Waals surface area (Å²) in [7, 11) is 0. The van der Waals surface area contributed by atoms with Crippen LogP contribution in [0.2, 0.25) is 0 Å². The van der Waals surface area contributed by atoms with Crippen molar-refractivity contribution in [2.45, 2.75) is 45.4 Å². The minimum absolute atomic E-state index is 0.579. The second-order valence-electron chi connectivity index (χ2n) is 4.97. The third-order valence-electron chi connectivity index (χ3n) is 2.99. The predicted octanol–water partition coefficient (Wildman–Crippen LogP) is 3.60. The van der Waals surface area contributed by atoms with Crippen molar-refractivity contribution in [1.29, 1.82) is 0 Å². The highest BCUT2D eigenvalue weighted by atomic mass is 16.6. The SMILES string of the molecule is C=CCOCCOCCOCCOCCCCCCCC. The smallest absolute Gasteiger partial charge is 0.0704 e. The average molecular weight is 302 g/mol. The third-order valence-corrected chi connectivity index (χ3v) is 2.99. The van der Waals surface area contributed by atoms with Crippen LogP contribution >= 0.6 is 0 Å². The maximum absolute atomic E-state index is 5.52. The topological polar surface area (TPSA) is 36.9 Å². The van der Waals surface area contributed by atoms with Crippen LogP contribution in [0, 0.1) is 0 Å². The summed E-state index contributed by atoms with van der Waals surface area (Å²) in [6.07, 6.45) is 9.53. The van der Waals surface area contributed by atoms with Crippen LogP contribution in [0.25, 0.3) is 0 Å². The van der Waals surface area contributed by atoms with Crippen molar-refractivity contribution in [1.82, 2.24) is 0 Å². The van der Waals surface area contributed by atoms with Crippen LogP contribution in [0.5, 0.6) is 0 Å². The quantitative estimate of drug-likeness (QED) is 0.286. The molecule has 0 saturated heterocycles. The molecule has 0 spiro atoms. The molecule has 0 rings (SSSR count). The summed E-state index contributed by atoms with van der Waals surface area (Å²) in [5, 5.41) is 0. The van der Waals surface area contributed by atoms with Crippen molar-refractivity contribution < 1.29 is 18.9 Å². The Labute approximate surface area is 130 Å². The Balaban J connectivity index is 2.91. The minimum Gasteiger partial charge on any atom is -0.379 e. The number of hydrogen-bond acceptors (Lipinski definition) is 4. The number of ether oxygens (including phenoxy) is 4. The Morgan fingerprint density at radius 1 is 0.619 bits per heavy atom. The minimum atomic E-state index is 0.579. The zero-order chi connectivity index (χ0) is 15.4. The summed E-state index contributed by atoms with van der Waals surface area (Å²) in [5.74, 6) is 0. The molecule has 21 heavy (non-hydrogen) atoms. The Bertz CT molecular complexity index is 197. The lowest BCUT2D eigenvalue weighted by atomic mass is 10.1. The van der Waals surface area contributed by atoms with Gasteiger partial charge >= 0.3 is 0 Å². The van der Waals surface area contributed by atoms with Crippen LogP contribution in [0.15, 0.2) is 12.7 Å². The number of unbranched alkanes of at least 4 members (excludes halogenated alkanes) is 5. The van der Waals surface area contributed by atoms with Crippen molar-refractivity contribution >= 4 is 0 Å². The highest BCUT2D eigenvalue weighted by molar-refractivity contribution is 4.63. The van der Waals surface area contributed by atoms with Gasteiger partial charge in [-0.3, -0.25) is 0 Å². The summed E-state index contributed by atoms with van der Waals surface area (Å²) in [5.41, 5.74) is 0. The molecule has 0 aromatic carbocycles. The van der Waals surface area contributed by atoms with E-state index < -0.39 is 0 Å². The second-order valence-corrected chi connectivity index (χ2v) is 4.97. The van der Waals surface area contributed by atoms with Crippen LogP contribution in [0.3, 0.4) is 0 Å². The molecule has 4 nitrogen and oxygen atoms in total. The van der Waals surface area contributed by atoms with Crippen LogP contribution in [0.1, 0.15) is 45.4 Å². The van der Waals surface area contributed by atoms with Gasteiger partial charge in [-0.05, 0) is 6.42 Å². The third kappa shape index (κ3) is 19.6. The van der Waals surface area contributed by atoms with E-state index in [9.17, 15) is 0 Å². The Kier molecular flexibility index (Phi) is 19.2. The van der Waals surface area contributed by atoms with Crippen LogP contribution in [-0.4, -0.2) is 52.9 Å². The van der Waals surface area contributed by atoms with Crippen LogP contribution < -0.4 is 0 Å². The first-order valence-corrected chi connectivity index (χ1v) is 8.33. The first-order valence-electron chi connectivity index (χ1n) is 8.33. The molecule has 0 aromatic rings. The Hall–Kier alpha value is -0.420. The van der Waals surface area contributed by atoms with Gasteiger partial charge < -0.3 is 18.9 Å². The van der Waals surface area contributed by atoms with E-state index in [1.807, 2.05) is 0 Å². The molecule has 0 radical (unpaired) electrons. The van der Waals surface area contributed by atoms with Gasteiger partial charge in [0, 0.05) is 6.61 Å². The van der Waals surface area contributed by atoms with Crippen molar-refractivity contribution in [3.05, 3.63) is 12.7 Å². The maximum atomic E-state index is 5.52. The van der Waals surface area contributed by atoms with E-state index >= 15 is 0 Å². The molecule has 0 aliphatic rings. The molecule has 0 aromatic heterocycles. The van der Waals surface area contributed by atoms with Gasteiger partial charge in [0.25, 0.3) is 0 Å². The second kappa shape index (κ2) is 19.6. The van der Waals surface area contributed by atoms with Gasteiger partial charge in [0.15, 0.2) is 0 Å². The van der Waals surface area contributed by atoms with Gasteiger partial charge in [-0.25, -0.2) is 0 Å². The van der Waals surface area contributed by atoms with E-state index in [0.717, 1.165) is 13.0 Å². The van der Waals surface area contributed by atoms with E-state index in [1.54, 1.807) is 6.08 Å². The summed E-state index contributed by atoms with van der Waals surface area (Å²) in [6.45, 7) is 11.0. The molecule has 0 unspecified atom stereocenters. The zero-order valence-corrected chi connectivity index (χ0v) is 13.8. The van der Waals surface area contributed by atoms with E-state index in [-0.39, 0.29) is 0 Å². The molecular formula is C17H34O4. The first-order chi connectivity index (χ1) is 10.4. The lowest BCUT2D eigenvalue weighted by Crippen LogP contribution is -2.12. The maximum Gasteiger partial charge on any atom is 0.0704 e. The highest BCUT2D eigenvalue weighted by Crippen LogP contribution is 2.04. The molecule has 0 aliphatic carbocycles. The Morgan fingerprint density at radius 3 is 1.67 bits per heavy atom. The standard InChI is InChI=1S/C17H34O4/c1-3-5-6-7-8-9-11-19-13-15-21-17-16-20-14-12-18-10-4-2/h4H,2-3,5-17H2,1H3. The molecule has 0 fully saturated rings. The van der Waals surface area contributed by atoms with Gasteiger partial charge in [0.2, 0.25) is 0 Å². The molecule has 0 bridgehead atoms. The lowest BCUT2D eigenvalue weighted by Gasteiger charge is -2.07. The fourth-order valence-corrected chi connectivity index (χ4v) is 1.81. The summed E-state index contributed by atoms with van der Waals surface area (Å²) >= 11 is 0. The molecule has 0 N–H and O–H groups in total. The van der Waals surface area contributed by atoms with Gasteiger partial charge in [0.1, 0.15) is 0 Å². The van der Waals surface area contributed by atoms with Crippen LogP contribution in [-0.2, 0) is 18.9 Å². The molecule has 0 atom stereocenters. The summed E-state index contributed by atoms with van der Waals surface area (Å²) < 4.78 is 21.5. The molecule has 4 heteroatoms. The molecule has 0 aliphatic heterocycles. The first kappa shape index (κ1) is 20.6. The van der Waals surface area contributed by atoms with Gasteiger partial charge in [0.05, 0.1) is 46.2 Å². The fourth-order valence-electron chi connectivity index (χ4n) is 1.81. The molecule has 0 amide bonds. The van der Waals surface area contributed by atoms with Crippen LogP contribution in [0.4, 0.5) is 0 Å². The van der Waals surface area contributed by atoms with Crippen molar-refractivity contribution in [2.24, 2.45) is 0 Å². The molecular weight excluding hydrogens is 268 g/mol. The monoisotopic (exact) mass is 302 g/mol. The van der Waals surface area contributed by atoms with Crippen molar-refractivity contribution in [3.63, 3.8) is 0 Å². The average Bonchev–Trinajstić information content (AvgIpc) is 2.50. The summed E-state index contributed by atoms with van der Waals surface area (Å²) in [4.78, 5) is 0. The Morgan fingerprint density at radius 2 is 1.10 bits per heavy atom. The fraction of sp³-hybridized carbons (Fsp3) is 0.882. The van der Waals surface area contributed by atoms with Gasteiger partial charge in [-0.1, -0.05) is 45.1 Å². The normalized spacial score (nSPS) is 10.9. The van der Waals surface area contributed by atoms with Crippen molar-refractivity contribution in [2.75, 3.05) is 52.9 Å². The number of rotatable bonds is 18. The predicted molar refractivity (Wildman–Crippen MR) is 86.8 cm³/mol. The lowest BCUT2D eigenvalue weighted by molar-refractivity contribution is 0.000527. The molecule has 126 valence electrons. The zero-order valence-electron chi connectivity index (χ0n) is 13.8. The van der Waals surface area contributed by atoms with Gasteiger partial charge in [-0.2, -0.15) is 0 Å². The van der Waals surface area contributed by atoms with Gasteiger partial charge in [-0.15, -0.1) is 6.58 Å². The van der Waals surface area contributed by atoms with E-state index in [1.165, 1.54) is 32.1 Å². The van der Waals surface area contributed by atoms with E-state index in [0.29, 0.717) is 46.2 Å². The van der Waals surface area contributed by atoms with E-state index in [2.05, 4.69) is 13.5 Å². The highest BCUT2D eigenvalue weighted by Gasteiger charge is 1.93. The largest absolute Gasteiger partial charge is 0.379 e. The number of hydrogen-bond donors (Lipinski definition) is 0.